The van der Waals surface area contributed by atoms with E-state index in [0.717, 1.165) is 5.69 Å². The molecule has 156 valence electrons. The SMILES string of the molecule is CSc1ncc2c(n1)CN(C1C(C)(C)C(Oc3ccc(C#N)c(Cl)c3)C1(C)C)C2=O. The third kappa shape index (κ3) is 3.05. The number of aromatic nitrogens is 2. The first-order valence-corrected chi connectivity index (χ1v) is 11.3. The molecule has 4 rings (SSSR count). The second-order valence-corrected chi connectivity index (χ2v) is 10.1. The molecule has 1 aliphatic heterocycles. The quantitative estimate of drug-likeness (QED) is 0.510. The Bertz CT molecular complexity index is 1060. The summed E-state index contributed by atoms with van der Waals surface area (Å²) in [5, 5.41) is 10.1. The number of rotatable bonds is 4. The van der Waals surface area contributed by atoms with E-state index in [4.69, 9.17) is 21.6 Å². The molecule has 1 aromatic heterocycles. The van der Waals surface area contributed by atoms with Crippen LogP contribution in [0.15, 0.2) is 29.6 Å². The number of benzene rings is 1. The van der Waals surface area contributed by atoms with Crippen LogP contribution < -0.4 is 4.74 Å². The van der Waals surface area contributed by atoms with Gasteiger partial charge in [-0.3, -0.25) is 4.79 Å². The maximum absolute atomic E-state index is 13.1. The van der Waals surface area contributed by atoms with Crippen LogP contribution in [-0.4, -0.2) is 39.2 Å². The fraction of sp³-hybridized carbons (Fsp3) is 0.455. The number of nitrogens with zero attached hydrogens (tertiary/aromatic N) is 4. The molecule has 0 atom stereocenters. The molecule has 0 N–H and O–H groups in total. The first-order chi connectivity index (χ1) is 14.1. The molecule has 0 spiro atoms. The first-order valence-electron chi connectivity index (χ1n) is 9.68. The van der Waals surface area contributed by atoms with E-state index < -0.39 is 0 Å². The summed E-state index contributed by atoms with van der Waals surface area (Å²) >= 11 is 7.64. The van der Waals surface area contributed by atoms with Crippen LogP contribution in [0.4, 0.5) is 0 Å². The van der Waals surface area contributed by atoms with E-state index in [-0.39, 0.29) is 28.9 Å². The summed E-state index contributed by atoms with van der Waals surface area (Å²) in [7, 11) is 0. The minimum absolute atomic E-state index is 0.0244. The van der Waals surface area contributed by atoms with Gasteiger partial charge >= 0.3 is 0 Å². The molecule has 0 radical (unpaired) electrons. The summed E-state index contributed by atoms with van der Waals surface area (Å²) in [6, 6.07) is 7.14. The molecular weight excluding hydrogens is 420 g/mol. The summed E-state index contributed by atoms with van der Waals surface area (Å²) in [5.41, 5.74) is 1.20. The Labute approximate surface area is 185 Å². The molecule has 2 aromatic rings. The number of amides is 1. The lowest BCUT2D eigenvalue weighted by atomic mass is 9.49. The van der Waals surface area contributed by atoms with Gasteiger partial charge in [0.25, 0.3) is 5.91 Å². The van der Waals surface area contributed by atoms with Crippen LogP contribution in [0, 0.1) is 22.2 Å². The highest BCUT2D eigenvalue weighted by molar-refractivity contribution is 7.98. The third-order valence-corrected chi connectivity index (χ3v) is 7.10. The summed E-state index contributed by atoms with van der Waals surface area (Å²) < 4.78 is 6.34. The van der Waals surface area contributed by atoms with E-state index in [1.165, 1.54) is 11.8 Å². The lowest BCUT2D eigenvalue weighted by Crippen LogP contribution is -2.74. The largest absolute Gasteiger partial charge is 0.489 e. The number of ether oxygens (including phenoxy) is 1. The van der Waals surface area contributed by atoms with Crippen molar-refractivity contribution in [1.29, 1.82) is 5.26 Å². The molecule has 1 aromatic carbocycles. The van der Waals surface area contributed by atoms with Gasteiger partial charge in [-0.1, -0.05) is 51.1 Å². The van der Waals surface area contributed by atoms with Gasteiger partial charge in [0.2, 0.25) is 0 Å². The molecule has 1 fully saturated rings. The maximum atomic E-state index is 13.1. The van der Waals surface area contributed by atoms with Crippen molar-refractivity contribution < 1.29 is 9.53 Å². The Morgan fingerprint density at radius 3 is 2.60 bits per heavy atom. The zero-order chi connectivity index (χ0) is 21.8. The van der Waals surface area contributed by atoms with Gasteiger partial charge in [-0.15, -0.1) is 0 Å². The van der Waals surface area contributed by atoms with Crippen molar-refractivity contribution in [3.8, 4) is 11.8 Å². The van der Waals surface area contributed by atoms with Crippen molar-refractivity contribution in [2.75, 3.05) is 6.26 Å². The lowest BCUT2D eigenvalue weighted by molar-refractivity contribution is -0.199. The zero-order valence-corrected chi connectivity index (χ0v) is 19.1. The monoisotopic (exact) mass is 442 g/mol. The normalized spacial score (nSPS) is 23.5. The Morgan fingerprint density at radius 2 is 2.00 bits per heavy atom. The Hall–Kier alpha value is -2.30. The van der Waals surface area contributed by atoms with Crippen LogP contribution in [0.1, 0.15) is 49.3 Å². The van der Waals surface area contributed by atoms with E-state index >= 15 is 0 Å². The second kappa shape index (κ2) is 7.14. The van der Waals surface area contributed by atoms with Crippen molar-refractivity contribution in [2.45, 2.75) is 51.5 Å². The predicted octanol–water partition coefficient (Wildman–Crippen LogP) is 4.56. The molecular formula is C22H23ClN4O2S. The van der Waals surface area contributed by atoms with Crippen molar-refractivity contribution in [3.05, 3.63) is 46.2 Å². The second-order valence-electron chi connectivity index (χ2n) is 8.95. The van der Waals surface area contributed by atoms with Gasteiger partial charge in [0.05, 0.1) is 28.4 Å². The number of fused-ring (bicyclic) bond motifs is 1. The lowest BCUT2D eigenvalue weighted by Gasteiger charge is -2.65. The molecule has 2 aliphatic rings. The van der Waals surface area contributed by atoms with E-state index in [2.05, 4.69) is 43.7 Å². The van der Waals surface area contributed by atoms with Gasteiger partial charge in [-0.05, 0) is 18.4 Å². The van der Waals surface area contributed by atoms with E-state index in [1.54, 1.807) is 24.4 Å². The summed E-state index contributed by atoms with van der Waals surface area (Å²) in [4.78, 5) is 23.9. The van der Waals surface area contributed by atoms with Gasteiger partial charge in [0.1, 0.15) is 17.9 Å². The number of nitriles is 1. The number of hydrogen-bond donors (Lipinski definition) is 0. The number of halogens is 1. The summed E-state index contributed by atoms with van der Waals surface area (Å²) in [6.07, 6.45) is 3.43. The fourth-order valence-corrected chi connectivity index (χ4v) is 5.98. The molecule has 1 saturated carbocycles. The maximum Gasteiger partial charge on any atom is 0.258 e. The number of carbonyl (C=O) groups excluding carboxylic acids is 1. The molecule has 6 nitrogen and oxygen atoms in total. The van der Waals surface area contributed by atoms with Crippen LogP contribution in [0.25, 0.3) is 0 Å². The van der Waals surface area contributed by atoms with Gasteiger partial charge in [0.15, 0.2) is 5.16 Å². The minimum Gasteiger partial charge on any atom is -0.489 e. The van der Waals surface area contributed by atoms with Gasteiger partial charge in [0, 0.05) is 29.1 Å². The average Bonchev–Trinajstić information content (AvgIpc) is 3.00. The molecule has 0 bridgehead atoms. The molecule has 8 heteroatoms. The topological polar surface area (TPSA) is 79.1 Å². The van der Waals surface area contributed by atoms with Gasteiger partial charge < -0.3 is 9.64 Å². The highest BCUT2D eigenvalue weighted by Gasteiger charge is 2.67. The average molecular weight is 443 g/mol. The molecule has 1 aliphatic carbocycles. The van der Waals surface area contributed by atoms with E-state index in [9.17, 15) is 4.79 Å². The van der Waals surface area contributed by atoms with Crippen LogP contribution in [0.5, 0.6) is 5.75 Å². The number of thioether (sulfide) groups is 1. The molecule has 2 heterocycles. The Balaban J connectivity index is 1.59. The molecule has 0 saturated heterocycles. The van der Waals surface area contributed by atoms with Crippen LogP contribution in [-0.2, 0) is 6.54 Å². The molecule has 1 amide bonds. The van der Waals surface area contributed by atoms with Crippen LogP contribution in [0.3, 0.4) is 0 Å². The van der Waals surface area contributed by atoms with E-state index in [0.29, 0.717) is 33.6 Å². The molecule has 0 unspecified atom stereocenters. The molecule has 30 heavy (non-hydrogen) atoms. The third-order valence-electron chi connectivity index (χ3n) is 6.23. The van der Waals surface area contributed by atoms with Crippen LogP contribution in [0.2, 0.25) is 5.02 Å². The summed E-state index contributed by atoms with van der Waals surface area (Å²) in [6.45, 7) is 8.96. The summed E-state index contributed by atoms with van der Waals surface area (Å²) in [5.74, 6) is 0.596. The smallest absolute Gasteiger partial charge is 0.258 e. The first kappa shape index (κ1) is 21.0. The number of hydrogen-bond acceptors (Lipinski definition) is 6. The minimum atomic E-state index is -0.294. The van der Waals surface area contributed by atoms with Gasteiger partial charge in [-0.2, -0.15) is 5.26 Å². The van der Waals surface area contributed by atoms with Crippen LogP contribution >= 0.6 is 23.4 Å². The van der Waals surface area contributed by atoms with Crippen molar-refractivity contribution in [2.24, 2.45) is 10.8 Å². The van der Waals surface area contributed by atoms with Gasteiger partial charge in [-0.25, -0.2) is 9.97 Å². The van der Waals surface area contributed by atoms with Crippen molar-refractivity contribution in [1.82, 2.24) is 14.9 Å². The Morgan fingerprint density at radius 1 is 1.30 bits per heavy atom. The highest BCUT2D eigenvalue weighted by atomic mass is 35.5. The van der Waals surface area contributed by atoms with Crippen molar-refractivity contribution >= 4 is 29.3 Å². The number of carbonyl (C=O) groups is 1. The Kier molecular flexibility index (Phi) is 4.99. The highest BCUT2D eigenvalue weighted by Crippen LogP contribution is 2.59. The van der Waals surface area contributed by atoms with Crippen molar-refractivity contribution in [3.63, 3.8) is 0 Å². The zero-order valence-electron chi connectivity index (χ0n) is 17.6. The standard InChI is InChI=1S/C22H23ClN4O2S/c1-21(2)18(27-11-16-14(17(27)28)10-25-20(26-16)30-5)22(3,4)19(21)29-13-7-6-12(9-24)15(23)8-13/h6-8,10,18-19H,11H2,1-5H3. The van der Waals surface area contributed by atoms with E-state index in [1.807, 2.05) is 11.2 Å². The predicted molar refractivity (Wildman–Crippen MR) is 116 cm³/mol. The fourth-order valence-electron chi connectivity index (χ4n) is 5.40.